The highest BCUT2D eigenvalue weighted by atomic mass is 35.5. The molecule has 24 heavy (non-hydrogen) atoms. The first-order valence-electron chi connectivity index (χ1n) is 8.20. The van der Waals surface area contributed by atoms with Crippen molar-refractivity contribution in [1.82, 2.24) is 20.1 Å². The zero-order valence-corrected chi connectivity index (χ0v) is 14.6. The molecule has 3 rings (SSSR count). The Hall–Kier alpha value is -2.14. The van der Waals surface area contributed by atoms with E-state index < -0.39 is 0 Å². The van der Waals surface area contributed by atoms with Crippen molar-refractivity contribution in [1.29, 1.82) is 0 Å². The Balaban J connectivity index is 1.72. The van der Waals surface area contributed by atoms with Gasteiger partial charge in [0, 0.05) is 24.1 Å². The first-order valence-corrected chi connectivity index (χ1v) is 8.58. The number of hydrogen-bond donors (Lipinski definition) is 1. The predicted octanol–water partition coefficient (Wildman–Crippen LogP) is 3.40. The van der Waals surface area contributed by atoms with E-state index in [2.05, 4.69) is 33.9 Å². The predicted molar refractivity (Wildman–Crippen MR) is 94.6 cm³/mol. The Kier molecular flexibility index (Phi) is 5.00. The Bertz CT molecular complexity index is 766. The van der Waals surface area contributed by atoms with Crippen molar-refractivity contribution in [2.75, 3.05) is 0 Å². The molecular weight excluding hydrogens is 324 g/mol. The van der Waals surface area contributed by atoms with Crippen molar-refractivity contribution >= 4 is 23.6 Å². The largest absolute Gasteiger partial charge is 0.342 e. The molecule has 6 heteroatoms. The van der Waals surface area contributed by atoms with Crippen molar-refractivity contribution in [2.24, 2.45) is 5.92 Å². The van der Waals surface area contributed by atoms with Crippen molar-refractivity contribution in [3.05, 3.63) is 52.6 Å². The second-order valence-electron chi connectivity index (χ2n) is 6.35. The lowest BCUT2D eigenvalue weighted by Crippen LogP contribution is -2.32. The number of carbonyl (C=O) groups is 1. The summed E-state index contributed by atoms with van der Waals surface area (Å²) in [5.41, 5.74) is 0.891. The molecule has 126 valence electrons. The Morgan fingerprint density at radius 1 is 1.38 bits per heavy atom. The van der Waals surface area contributed by atoms with Gasteiger partial charge < -0.3 is 9.88 Å². The van der Waals surface area contributed by atoms with Gasteiger partial charge in [0.15, 0.2) is 5.82 Å². The molecule has 5 nitrogen and oxygen atoms in total. The fraction of sp³-hybridized carbons (Fsp3) is 0.389. The maximum atomic E-state index is 12.3. The van der Waals surface area contributed by atoms with E-state index in [4.69, 9.17) is 11.6 Å². The number of amides is 1. The van der Waals surface area contributed by atoms with Gasteiger partial charge in [0.05, 0.1) is 6.04 Å². The third kappa shape index (κ3) is 3.67. The second kappa shape index (κ2) is 7.18. The van der Waals surface area contributed by atoms with Crippen LogP contribution in [0, 0.1) is 5.92 Å². The van der Waals surface area contributed by atoms with Gasteiger partial charge in [-0.15, -0.1) is 10.2 Å². The van der Waals surface area contributed by atoms with Gasteiger partial charge >= 0.3 is 0 Å². The molecule has 2 heterocycles. The van der Waals surface area contributed by atoms with E-state index in [-0.39, 0.29) is 17.9 Å². The molecule has 1 aromatic carbocycles. The minimum absolute atomic E-state index is 0.149. The van der Waals surface area contributed by atoms with Crippen LogP contribution < -0.4 is 5.32 Å². The zero-order valence-electron chi connectivity index (χ0n) is 13.9. The molecule has 1 atom stereocenters. The van der Waals surface area contributed by atoms with E-state index in [1.165, 1.54) is 6.08 Å². The summed E-state index contributed by atoms with van der Waals surface area (Å²) in [6.07, 6.45) is 5.33. The third-order valence-corrected chi connectivity index (χ3v) is 4.39. The Labute approximate surface area is 146 Å². The lowest BCUT2D eigenvalue weighted by Gasteiger charge is -2.21. The fourth-order valence-electron chi connectivity index (χ4n) is 2.92. The van der Waals surface area contributed by atoms with Crippen LogP contribution in [0.3, 0.4) is 0 Å². The van der Waals surface area contributed by atoms with E-state index in [1.54, 1.807) is 12.1 Å². The molecule has 0 spiro atoms. The van der Waals surface area contributed by atoms with Crippen LogP contribution in [0.4, 0.5) is 0 Å². The molecular formula is C18H21ClN4O. The molecule has 2 aromatic rings. The summed E-state index contributed by atoms with van der Waals surface area (Å²) in [5.74, 6) is 1.94. The van der Waals surface area contributed by atoms with Crippen LogP contribution in [0.15, 0.2) is 30.3 Å². The average Bonchev–Trinajstić information content (AvgIpc) is 3.14. The molecule has 0 aliphatic carbocycles. The normalized spacial score (nSPS) is 15.0. The molecule has 1 aliphatic rings. The molecule has 0 bridgehead atoms. The zero-order chi connectivity index (χ0) is 17.1. The van der Waals surface area contributed by atoms with Crippen molar-refractivity contribution < 1.29 is 4.79 Å². The van der Waals surface area contributed by atoms with Crippen molar-refractivity contribution in [3.8, 4) is 0 Å². The lowest BCUT2D eigenvalue weighted by atomic mass is 10.0. The van der Waals surface area contributed by atoms with Crippen LogP contribution in [0.2, 0.25) is 5.02 Å². The SMILES string of the molecule is CC(C)[C@H](NC(=O)/C=C/c1cccc(Cl)c1)c1nnc2n1CCC2. The molecule has 0 saturated carbocycles. The summed E-state index contributed by atoms with van der Waals surface area (Å²) >= 11 is 5.96. The summed E-state index contributed by atoms with van der Waals surface area (Å²) in [7, 11) is 0. The Morgan fingerprint density at radius 3 is 2.96 bits per heavy atom. The number of benzene rings is 1. The number of fused-ring (bicyclic) bond motifs is 1. The fourth-order valence-corrected chi connectivity index (χ4v) is 3.11. The van der Waals surface area contributed by atoms with E-state index in [0.717, 1.165) is 36.6 Å². The van der Waals surface area contributed by atoms with Gasteiger partial charge in [-0.2, -0.15) is 0 Å². The van der Waals surface area contributed by atoms with Gasteiger partial charge in [0.2, 0.25) is 5.91 Å². The van der Waals surface area contributed by atoms with E-state index in [1.807, 2.05) is 18.2 Å². The third-order valence-electron chi connectivity index (χ3n) is 4.16. The number of nitrogens with one attached hydrogen (secondary N) is 1. The van der Waals surface area contributed by atoms with Crippen LogP contribution in [-0.4, -0.2) is 20.7 Å². The number of hydrogen-bond acceptors (Lipinski definition) is 3. The van der Waals surface area contributed by atoms with E-state index >= 15 is 0 Å². The van der Waals surface area contributed by atoms with Crippen LogP contribution >= 0.6 is 11.6 Å². The van der Waals surface area contributed by atoms with Gasteiger partial charge in [-0.25, -0.2) is 0 Å². The topological polar surface area (TPSA) is 59.8 Å². The molecule has 0 fully saturated rings. The summed E-state index contributed by atoms with van der Waals surface area (Å²) in [6.45, 7) is 5.07. The van der Waals surface area contributed by atoms with Gasteiger partial charge in [0.1, 0.15) is 5.82 Å². The first-order chi connectivity index (χ1) is 11.5. The highest BCUT2D eigenvalue weighted by molar-refractivity contribution is 6.30. The molecule has 1 N–H and O–H groups in total. The monoisotopic (exact) mass is 344 g/mol. The number of halogens is 1. The second-order valence-corrected chi connectivity index (χ2v) is 6.78. The average molecular weight is 345 g/mol. The smallest absolute Gasteiger partial charge is 0.244 e. The first kappa shape index (κ1) is 16.7. The lowest BCUT2D eigenvalue weighted by molar-refractivity contribution is -0.117. The number of carbonyl (C=O) groups excluding carboxylic acids is 1. The summed E-state index contributed by atoms with van der Waals surface area (Å²) in [5, 5.41) is 12.2. The number of rotatable bonds is 5. The quantitative estimate of drug-likeness (QED) is 0.845. The van der Waals surface area contributed by atoms with Crippen LogP contribution in [-0.2, 0) is 17.8 Å². The molecule has 0 unspecified atom stereocenters. The van der Waals surface area contributed by atoms with E-state index in [0.29, 0.717) is 5.02 Å². The number of aryl methyl sites for hydroxylation is 1. The molecule has 1 aromatic heterocycles. The van der Waals surface area contributed by atoms with Crippen molar-refractivity contribution in [2.45, 2.75) is 39.3 Å². The maximum Gasteiger partial charge on any atom is 0.244 e. The van der Waals surface area contributed by atoms with Crippen LogP contribution in [0.25, 0.3) is 6.08 Å². The summed E-state index contributed by atoms with van der Waals surface area (Å²) in [4.78, 5) is 12.3. The van der Waals surface area contributed by atoms with Gasteiger partial charge in [-0.3, -0.25) is 4.79 Å². The van der Waals surface area contributed by atoms with Gasteiger partial charge in [-0.1, -0.05) is 37.6 Å². The Morgan fingerprint density at radius 2 is 2.21 bits per heavy atom. The van der Waals surface area contributed by atoms with Crippen molar-refractivity contribution in [3.63, 3.8) is 0 Å². The molecule has 0 saturated heterocycles. The van der Waals surface area contributed by atoms with Gasteiger partial charge in [-0.05, 0) is 36.1 Å². The maximum absolute atomic E-state index is 12.3. The van der Waals surface area contributed by atoms with Crippen LogP contribution in [0.5, 0.6) is 0 Å². The number of aromatic nitrogens is 3. The van der Waals surface area contributed by atoms with Crippen LogP contribution in [0.1, 0.15) is 43.5 Å². The van der Waals surface area contributed by atoms with Gasteiger partial charge in [0.25, 0.3) is 0 Å². The number of nitrogens with zero attached hydrogens (tertiary/aromatic N) is 3. The molecule has 1 aliphatic heterocycles. The highest BCUT2D eigenvalue weighted by Gasteiger charge is 2.27. The minimum Gasteiger partial charge on any atom is -0.342 e. The van der Waals surface area contributed by atoms with E-state index in [9.17, 15) is 4.79 Å². The standard InChI is InChI=1S/C18H21ClN4O/c1-12(2)17(18-22-21-15-7-4-10-23(15)18)20-16(24)9-8-13-5-3-6-14(19)11-13/h3,5-6,8-9,11-12,17H,4,7,10H2,1-2H3,(H,20,24)/b9-8+/t17-/m0/s1. The molecule has 1 amide bonds. The summed E-state index contributed by atoms with van der Waals surface area (Å²) in [6, 6.07) is 7.23. The molecule has 0 radical (unpaired) electrons. The summed E-state index contributed by atoms with van der Waals surface area (Å²) < 4.78 is 2.13. The highest BCUT2D eigenvalue weighted by Crippen LogP contribution is 2.24. The minimum atomic E-state index is -0.152.